The molecule has 1 aliphatic heterocycles. The van der Waals surface area contributed by atoms with Crippen molar-refractivity contribution in [2.75, 3.05) is 16.8 Å². The molecule has 3 rings (SSSR count). The second-order valence-corrected chi connectivity index (χ2v) is 10.5. The molecule has 2 heterocycles. The van der Waals surface area contributed by atoms with Crippen molar-refractivity contribution in [2.24, 2.45) is 5.92 Å². The van der Waals surface area contributed by atoms with E-state index in [4.69, 9.17) is 4.74 Å². The maximum atomic E-state index is 13.0. The minimum absolute atomic E-state index is 0.102. The number of fused-ring (bicyclic) bond motifs is 1. The molecule has 0 spiro atoms. The van der Waals surface area contributed by atoms with Gasteiger partial charge in [-0.05, 0) is 49.4 Å². The van der Waals surface area contributed by atoms with Crippen LogP contribution in [-0.4, -0.2) is 38.2 Å². The topological polar surface area (TPSA) is 101 Å². The Morgan fingerprint density at radius 3 is 2.64 bits per heavy atom. The van der Waals surface area contributed by atoms with Gasteiger partial charge in [-0.1, -0.05) is 39.3 Å². The van der Waals surface area contributed by atoms with E-state index in [9.17, 15) is 13.2 Å². The molecular formula is C24H34N4O4S. The number of nitrogens with zero attached hydrogens (tertiary/aromatic N) is 2. The molecule has 0 amide bonds. The Bertz CT molecular complexity index is 1040. The fraction of sp³-hybridized carbons (Fsp3) is 0.500. The molecule has 1 unspecified atom stereocenters. The Labute approximate surface area is 196 Å². The number of hydrogen-bond acceptors (Lipinski definition) is 7. The molecule has 0 aliphatic carbocycles. The molecular weight excluding hydrogens is 440 g/mol. The number of aromatic nitrogens is 1. The van der Waals surface area contributed by atoms with Crippen molar-refractivity contribution in [3.05, 3.63) is 48.3 Å². The number of unbranched alkanes of at least 4 members (excludes halogenated alkanes) is 1. The summed E-state index contributed by atoms with van der Waals surface area (Å²) >= 11 is 0. The van der Waals surface area contributed by atoms with Gasteiger partial charge in [0.15, 0.2) is 0 Å². The lowest BCUT2D eigenvalue weighted by molar-refractivity contribution is -0.146. The normalized spacial score (nSPS) is 16.4. The van der Waals surface area contributed by atoms with Crippen LogP contribution < -0.4 is 14.9 Å². The van der Waals surface area contributed by atoms with Crippen molar-refractivity contribution in [3.63, 3.8) is 0 Å². The molecule has 2 N–H and O–H groups in total. The van der Waals surface area contributed by atoms with E-state index in [-0.39, 0.29) is 17.0 Å². The van der Waals surface area contributed by atoms with E-state index in [0.717, 1.165) is 29.8 Å². The lowest BCUT2D eigenvalue weighted by atomic mass is 10.1. The van der Waals surface area contributed by atoms with Crippen LogP contribution in [0.15, 0.2) is 47.6 Å². The quantitative estimate of drug-likeness (QED) is 0.376. The van der Waals surface area contributed by atoms with Crippen LogP contribution in [0.4, 0.5) is 11.4 Å². The molecule has 2 atom stereocenters. The minimum atomic E-state index is -3.87. The molecule has 9 heteroatoms. The molecule has 0 radical (unpaired) electrons. The largest absolute Gasteiger partial charge is 0.465 e. The maximum absolute atomic E-state index is 13.0. The third kappa shape index (κ3) is 6.45. The second-order valence-electron chi connectivity index (χ2n) is 8.81. The van der Waals surface area contributed by atoms with Crippen LogP contribution >= 0.6 is 0 Å². The fourth-order valence-electron chi connectivity index (χ4n) is 3.79. The van der Waals surface area contributed by atoms with Crippen molar-refractivity contribution in [1.29, 1.82) is 0 Å². The fourth-order valence-corrected chi connectivity index (χ4v) is 4.99. The van der Waals surface area contributed by atoms with Gasteiger partial charge in [-0.25, -0.2) is 8.42 Å². The van der Waals surface area contributed by atoms with E-state index in [2.05, 4.69) is 26.8 Å². The minimum Gasteiger partial charge on any atom is -0.465 e. The summed E-state index contributed by atoms with van der Waals surface area (Å²) in [5.41, 5.74) is 3.02. The highest BCUT2D eigenvalue weighted by Gasteiger charge is 2.28. The monoisotopic (exact) mass is 474 g/mol. The van der Waals surface area contributed by atoms with Crippen LogP contribution in [0, 0.1) is 5.92 Å². The number of carbonyl (C=O) groups is 1. The molecule has 1 aliphatic rings. The second kappa shape index (κ2) is 11.0. The third-order valence-electron chi connectivity index (χ3n) is 5.56. The lowest BCUT2D eigenvalue weighted by Crippen LogP contribution is -2.42. The highest BCUT2D eigenvalue weighted by atomic mass is 32.2. The predicted octanol–water partition coefficient (Wildman–Crippen LogP) is 3.90. The number of carbonyl (C=O) groups excluding carboxylic acids is 1. The zero-order valence-electron chi connectivity index (χ0n) is 19.7. The SMILES string of the molecule is CCCCOC(=O)[C@H](CC(C)C)NS(=O)(=O)c1ccc(CN2c3ccncc3NC2C)cc1. The summed E-state index contributed by atoms with van der Waals surface area (Å²) in [4.78, 5) is 18.9. The van der Waals surface area contributed by atoms with Gasteiger partial charge >= 0.3 is 5.97 Å². The van der Waals surface area contributed by atoms with Gasteiger partial charge in [0.25, 0.3) is 0 Å². The van der Waals surface area contributed by atoms with Crippen LogP contribution in [0.3, 0.4) is 0 Å². The van der Waals surface area contributed by atoms with Crippen LogP contribution in [0.1, 0.15) is 52.5 Å². The van der Waals surface area contributed by atoms with Crippen molar-refractivity contribution >= 4 is 27.4 Å². The number of hydrogen-bond donors (Lipinski definition) is 2. The van der Waals surface area contributed by atoms with Crippen LogP contribution in [0.2, 0.25) is 0 Å². The molecule has 1 aromatic carbocycles. The molecule has 0 fully saturated rings. The van der Waals surface area contributed by atoms with Crippen molar-refractivity contribution in [1.82, 2.24) is 9.71 Å². The van der Waals surface area contributed by atoms with Crippen LogP contribution in [0.25, 0.3) is 0 Å². The van der Waals surface area contributed by atoms with E-state index < -0.39 is 22.0 Å². The molecule has 8 nitrogen and oxygen atoms in total. The van der Waals surface area contributed by atoms with Gasteiger partial charge in [0.1, 0.15) is 6.04 Å². The Morgan fingerprint density at radius 1 is 1.24 bits per heavy atom. The van der Waals surface area contributed by atoms with Gasteiger partial charge in [-0.15, -0.1) is 0 Å². The summed E-state index contributed by atoms with van der Waals surface area (Å²) in [6.07, 6.45) is 5.68. The summed E-state index contributed by atoms with van der Waals surface area (Å²) in [6.45, 7) is 8.87. The number of sulfonamides is 1. The third-order valence-corrected chi connectivity index (χ3v) is 7.04. The van der Waals surface area contributed by atoms with Gasteiger partial charge in [0, 0.05) is 12.7 Å². The number of benzene rings is 1. The number of pyridine rings is 1. The number of esters is 1. The Morgan fingerprint density at radius 2 is 1.97 bits per heavy atom. The van der Waals surface area contributed by atoms with Crippen molar-refractivity contribution in [3.8, 4) is 0 Å². The predicted molar refractivity (Wildman–Crippen MR) is 129 cm³/mol. The van der Waals surface area contributed by atoms with E-state index >= 15 is 0 Å². The van der Waals surface area contributed by atoms with E-state index in [1.54, 1.807) is 36.7 Å². The molecule has 1 aromatic heterocycles. The first-order valence-electron chi connectivity index (χ1n) is 11.5. The average Bonchev–Trinajstić information content (AvgIpc) is 3.08. The summed E-state index contributed by atoms with van der Waals surface area (Å²) in [5.74, 6) is -0.394. The molecule has 0 bridgehead atoms. The maximum Gasteiger partial charge on any atom is 0.324 e. The van der Waals surface area contributed by atoms with Crippen LogP contribution in [0.5, 0.6) is 0 Å². The average molecular weight is 475 g/mol. The van der Waals surface area contributed by atoms with Crippen molar-refractivity contribution in [2.45, 2.75) is 70.6 Å². The van der Waals surface area contributed by atoms with Crippen molar-refractivity contribution < 1.29 is 17.9 Å². The molecule has 33 heavy (non-hydrogen) atoms. The number of anilines is 2. The van der Waals surface area contributed by atoms with Gasteiger partial charge < -0.3 is 15.0 Å². The zero-order chi connectivity index (χ0) is 24.0. The number of ether oxygens (including phenoxy) is 1. The van der Waals surface area contributed by atoms with E-state index in [1.165, 1.54) is 0 Å². The summed E-state index contributed by atoms with van der Waals surface area (Å²) in [6, 6.07) is 7.81. The Kier molecular flexibility index (Phi) is 8.31. The van der Waals surface area contributed by atoms with E-state index in [0.29, 0.717) is 19.6 Å². The highest BCUT2D eigenvalue weighted by molar-refractivity contribution is 7.89. The van der Waals surface area contributed by atoms with E-state index in [1.807, 2.05) is 26.8 Å². The molecule has 0 saturated carbocycles. The summed E-state index contributed by atoms with van der Waals surface area (Å²) < 4.78 is 33.8. The summed E-state index contributed by atoms with van der Waals surface area (Å²) in [7, 11) is -3.87. The first-order chi connectivity index (χ1) is 15.7. The first kappa shape index (κ1) is 25.0. The number of rotatable bonds is 11. The standard InChI is InChI=1S/C24H34N4O4S/c1-5-6-13-32-24(29)21(14-17(2)3)27-33(30,31)20-9-7-19(8-10-20)16-28-18(4)26-22-15-25-12-11-23(22)28/h7-12,15,17-18,21,26-27H,5-6,13-14,16H2,1-4H3/t18?,21-/m0/s1. The van der Waals surface area contributed by atoms with Gasteiger partial charge in [-0.2, -0.15) is 4.72 Å². The first-order valence-corrected chi connectivity index (χ1v) is 12.9. The van der Waals surface area contributed by atoms with Gasteiger partial charge in [-0.3, -0.25) is 9.78 Å². The molecule has 180 valence electrons. The molecule has 2 aromatic rings. The molecule has 0 saturated heterocycles. The Balaban J connectivity index is 1.70. The highest BCUT2D eigenvalue weighted by Crippen LogP contribution is 2.34. The summed E-state index contributed by atoms with van der Waals surface area (Å²) in [5, 5.41) is 3.38. The van der Waals surface area contributed by atoms with Gasteiger partial charge in [0.05, 0.1) is 35.2 Å². The number of nitrogens with one attached hydrogen (secondary N) is 2. The Hall–Kier alpha value is -2.65. The lowest BCUT2D eigenvalue weighted by Gasteiger charge is -2.24. The van der Waals surface area contributed by atoms with Crippen LogP contribution in [-0.2, 0) is 26.1 Å². The zero-order valence-corrected chi connectivity index (χ0v) is 20.6. The van der Waals surface area contributed by atoms with Gasteiger partial charge in [0.2, 0.25) is 10.0 Å². The smallest absolute Gasteiger partial charge is 0.324 e.